The molecule has 0 radical (unpaired) electrons. The zero-order chi connectivity index (χ0) is 70.0. The maximum absolute atomic E-state index is 13.1. The molecule has 0 aromatic heterocycles. The summed E-state index contributed by atoms with van der Waals surface area (Å²) in [5.74, 6) is -0.457. The van der Waals surface area contributed by atoms with Gasteiger partial charge in [-0.05, 0) is 37.5 Å². The summed E-state index contributed by atoms with van der Waals surface area (Å²) in [5.41, 5.74) is 0. The maximum atomic E-state index is 13.1. The number of hydrogen-bond acceptors (Lipinski definition) is 15. The minimum Gasteiger partial charge on any atom is -0.462 e. The van der Waals surface area contributed by atoms with E-state index in [1.165, 1.54) is 205 Å². The van der Waals surface area contributed by atoms with Gasteiger partial charge in [-0.15, -0.1) is 0 Å². The Balaban J connectivity index is 5.11. The molecule has 564 valence electrons. The van der Waals surface area contributed by atoms with Crippen molar-refractivity contribution in [2.24, 2.45) is 11.8 Å². The summed E-state index contributed by atoms with van der Waals surface area (Å²) in [4.78, 5) is 72.5. The normalized spacial score (nSPS) is 14.3. The van der Waals surface area contributed by atoms with Crippen LogP contribution in [0.25, 0.3) is 0 Å². The van der Waals surface area contributed by atoms with Gasteiger partial charge in [0.15, 0.2) is 12.2 Å². The molecule has 17 nitrogen and oxygen atoms in total. The minimum atomic E-state index is -4.96. The molecule has 0 aromatic rings. The fraction of sp³-hybridized carbons (Fsp3) is 0.947. The van der Waals surface area contributed by atoms with E-state index in [9.17, 15) is 43.2 Å². The highest BCUT2D eigenvalue weighted by Crippen LogP contribution is 2.45. The lowest BCUT2D eigenvalue weighted by atomic mass is 9.99. The summed E-state index contributed by atoms with van der Waals surface area (Å²) in [6.07, 6.45) is 55.9. The van der Waals surface area contributed by atoms with Crippen LogP contribution in [0.15, 0.2) is 0 Å². The first-order valence-corrected chi connectivity index (χ1v) is 42.5. The fourth-order valence-electron chi connectivity index (χ4n) is 11.6. The molecule has 0 heterocycles. The average Bonchev–Trinajstić information content (AvgIpc) is 1.68. The SMILES string of the molecule is CCCCCCCCCCCCCC(=O)O[C@H](COC(=O)CCCCCCC)COP(=O)(O)OC[C@H](O)COP(=O)(O)OC[C@@H](COC(=O)CCCCCCCCCCCCCCCCC(C)C)OC(=O)CCCCCCCCCCCCCCCCCCCCC(C)CC. The molecule has 6 atom stereocenters. The van der Waals surface area contributed by atoms with Gasteiger partial charge in [0.25, 0.3) is 0 Å². The Kier molecular flexibility index (Phi) is 66.5. The number of phosphoric acid groups is 2. The van der Waals surface area contributed by atoms with Gasteiger partial charge in [0.05, 0.1) is 26.4 Å². The van der Waals surface area contributed by atoms with Gasteiger partial charge in [0.1, 0.15) is 19.3 Å². The minimum absolute atomic E-state index is 0.106. The monoisotopic (exact) mass is 1400 g/mol. The molecule has 0 aliphatic carbocycles. The Bertz CT molecular complexity index is 1840. The van der Waals surface area contributed by atoms with E-state index in [2.05, 4.69) is 41.5 Å². The second-order valence-corrected chi connectivity index (χ2v) is 31.0. The van der Waals surface area contributed by atoms with Crippen LogP contribution in [-0.2, 0) is 65.4 Å². The first kappa shape index (κ1) is 93.1. The number of aliphatic hydroxyl groups is 1. The summed E-state index contributed by atoms with van der Waals surface area (Å²) in [6.45, 7) is 9.59. The summed E-state index contributed by atoms with van der Waals surface area (Å²) >= 11 is 0. The van der Waals surface area contributed by atoms with Gasteiger partial charge in [-0.25, -0.2) is 9.13 Å². The standard InChI is InChI=1S/C76H148O17P2/c1-7-10-12-14-15-16-29-37-42-48-54-60-75(80)92-71(64-86-73(78)58-52-44-13-11-8-2)66-90-94(82,83)88-62-70(77)63-89-95(84,85)91-67-72(65-87-74(79)59-53-47-41-36-32-27-24-23-25-30-34-39-45-50-56-68(4)5)93-76(81)61-55-49-43-38-33-28-22-20-18-17-19-21-26-31-35-40-46-51-57-69(6)9-3/h68-72,77H,7-67H2,1-6H3,(H,82,83)(H,84,85)/t69?,70-,71+,72+/m0/s1. The number of carbonyl (C=O) groups is 4. The van der Waals surface area contributed by atoms with Crippen molar-refractivity contribution >= 4 is 39.5 Å². The van der Waals surface area contributed by atoms with E-state index in [1.54, 1.807) is 0 Å². The van der Waals surface area contributed by atoms with Crippen molar-refractivity contribution in [3.8, 4) is 0 Å². The molecular formula is C76H148O17P2. The molecule has 0 aliphatic heterocycles. The Hall–Kier alpha value is -1.94. The van der Waals surface area contributed by atoms with Crippen molar-refractivity contribution in [1.82, 2.24) is 0 Å². The van der Waals surface area contributed by atoms with Gasteiger partial charge in [-0.1, -0.05) is 343 Å². The largest absolute Gasteiger partial charge is 0.472 e. The van der Waals surface area contributed by atoms with E-state index in [0.717, 1.165) is 108 Å². The predicted octanol–water partition coefficient (Wildman–Crippen LogP) is 22.3. The first-order valence-electron chi connectivity index (χ1n) is 39.5. The highest BCUT2D eigenvalue weighted by molar-refractivity contribution is 7.47. The van der Waals surface area contributed by atoms with Gasteiger partial charge in [-0.3, -0.25) is 37.3 Å². The van der Waals surface area contributed by atoms with Crippen LogP contribution in [0.4, 0.5) is 0 Å². The molecule has 0 saturated heterocycles. The molecule has 3 unspecified atom stereocenters. The van der Waals surface area contributed by atoms with Crippen LogP contribution in [0.2, 0.25) is 0 Å². The third-order valence-corrected chi connectivity index (χ3v) is 20.0. The second-order valence-electron chi connectivity index (χ2n) is 28.1. The predicted molar refractivity (Wildman–Crippen MR) is 386 cm³/mol. The third-order valence-electron chi connectivity index (χ3n) is 18.1. The quantitative estimate of drug-likeness (QED) is 0.0222. The lowest BCUT2D eigenvalue weighted by Gasteiger charge is -2.21. The number of esters is 4. The summed E-state index contributed by atoms with van der Waals surface area (Å²) in [6, 6.07) is 0. The number of aliphatic hydroxyl groups excluding tert-OH is 1. The van der Waals surface area contributed by atoms with Crippen LogP contribution >= 0.6 is 15.6 Å². The lowest BCUT2D eigenvalue weighted by Crippen LogP contribution is -2.30. The van der Waals surface area contributed by atoms with Crippen molar-refractivity contribution in [2.45, 2.75) is 413 Å². The molecule has 0 saturated carbocycles. The molecule has 0 aromatic carbocycles. The highest BCUT2D eigenvalue weighted by atomic mass is 31.2. The smallest absolute Gasteiger partial charge is 0.462 e. The van der Waals surface area contributed by atoms with Gasteiger partial charge >= 0.3 is 39.5 Å². The van der Waals surface area contributed by atoms with Crippen LogP contribution in [0.3, 0.4) is 0 Å². The lowest BCUT2D eigenvalue weighted by molar-refractivity contribution is -0.161. The number of rotatable bonds is 75. The topological polar surface area (TPSA) is 237 Å². The Morgan fingerprint density at radius 2 is 0.537 bits per heavy atom. The van der Waals surface area contributed by atoms with Gasteiger partial charge < -0.3 is 33.8 Å². The molecule has 0 spiro atoms. The maximum Gasteiger partial charge on any atom is 0.472 e. The number of unbranched alkanes of at least 4 members (excludes halogenated alkanes) is 44. The number of ether oxygens (including phenoxy) is 4. The molecule has 3 N–H and O–H groups in total. The molecule has 95 heavy (non-hydrogen) atoms. The summed E-state index contributed by atoms with van der Waals surface area (Å²) in [7, 11) is -9.90. The third kappa shape index (κ3) is 69.0. The number of hydrogen-bond donors (Lipinski definition) is 3. The first-order chi connectivity index (χ1) is 45.9. The summed E-state index contributed by atoms with van der Waals surface area (Å²) in [5, 5.41) is 10.6. The van der Waals surface area contributed by atoms with Gasteiger partial charge in [0, 0.05) is 25.7 Å². The van der Waals surface area contributed by atoms with Crippen LogP contribution in [0.1, 0.15) is 395 Å². The highest BCUT2D eigenvalue weighted by Gasteiger charge is 2.30. The van der Waals surface area contributed by atoms with Crippen molar-refractivity contribution in [2.75, 3.05) is 39.6 Å². The molecule has 0 bridgehead atoms. The van der Waals surface area contributed by atoms with Crippen molar-refractivity contribution in [3.63, 3.8) is 0 Å². The molecular weight excluding hydrogens is 1250 g/mol. The van der Waals surface area contributed by atoms with E-state index in [4.69, 9.17) is 37.0 Å². The van der Waals surface area contributed by atoms with Crippen molar-refractivity contribution < 1.29 is 80.2 Å². The van der Waals surface area contributed by atoms with Gasteiger partial charge in [-0.2, -0.15) is 0 Å². The summed E-state index contributed by atoms with van der Waals surface area (Å²) < 4.78 is 68.2. The van der Waals surface area contributed by atoms with E-state index in [0.29, 0.717) is 25.7 Å². The molecule has 0 fully saturated rings. The Morgan fingerprint density at radius 3 is 0.800 bits per heavy atom. The number of phosphoric ester groups is 2. The van der Waals surface area contributed by atoms with E-state index < -0.39 is 97.5 Å². The Morgan fingerprint density at radius 1 is 0.305 bits per heavy atom. The fourth-order valence-corrected chi connectivity index (χ4v) is 13.2. The zero-order valence-electron chi connectivity index (χ0n) is 62.0. The van der Waals surface area contributed by atoms with Crippen molar-refractivity contribution in [1.29, 1.82) is 0 Å². The Labute approximate surface area is 581 Å². The van der Waals surface area contributed by atoms with Crippen molar-refractivity contribution in [3.05, 3.63) is 0 Å². The molecule has 0 aliphatic rings. The average molecular weight is 1400 g/mol. The van der Waals surface area contributed by atoms with E-state index in [-0.39, 0.29) is 25.7 Å². The van der Waals surface area contributed by atoms with Crippen LogP contribution < -0.4 is 0 Å². The van der Waals surface area contributed by atoms with Crippen LogP contribution in [0, 0.1) is 11.8 Å². The number of carbonyl (C=O) groups excluding carboxylic acids is 4. The molecule has 0 amide bonds. The van der Waals surface area contributed by atoms with Crippen LogP contribution in [0.5, 0.6) is 0 Å². The van der Waals surface area contributed by atoms with Gasteiger partial charge in [0.2, 0.25) is 0 Å². The van der Waals surface area contributed by atoms with E-state index in [1.807, 2.05) is 0 Å². The second kappa shape index (κ2) is 67.9. The molecule has 0 rings (SSSR count). The van der Waals surface area contributed by atoms with Crippen LogP contribution in [-0.4, -0.2) is 96.7 Å². The van der Waals surface area contributed by atoms with E-state index >= 15 is 0 Å². The zero-order valence-corrected chi connectivity index (χ0v) is 63.8. The molecule has 19 heteroatoms.